The Kier molecular flexibility index (Phi) is 7.52. The third-order valence-electron chi connectivity index (χ3n) is 6.71. The van der Waals surface area contributed by atoms with Gasteiger partial charge in [-0.2, -0.15) is 5.26 Å². The van der Waals surface area contributed by atoms with Gasteiger partial charge in [-0.25, -0.2) is 4.98 Å². The number of hydrogen-bond acceptors (Lipinski definition) is 5. The minimum atomic E-state index is -0.656. The number of carbonyl (C=O) groups is 2. The highest BCUT2D eigenvalue weighted by molar-refractivity contribution is 6.30. The van der Waals surface area contributed by atoms with Crippen molar-refractivity contribution in [2.75, 3.05) is 20.2 Å². The molecular formula is C27H27ClN4O3. The molecule has 180 valence electrons. The molecule has 0 aliphatic carbocycles. The SMILES string of the molecule is COC(=O)C1(Cc2ccc(Cl)cc2)CCN(C(=O)Cc2cncn2Cc2ccc(C#N)cc2)CC1. The molecule has 4 rings (SSSR count). The number of rotatable bonds is 7. The van der Waals surface area contributed by atoms with Crippen molar-refractivity contribution in [3.63, 3.8) is 0 Å². The smallest absolute Gasteiger partial charge is 0.312 e. The number of aromatic nitrogens is 2. The van der Waals surface area contributed by atoms with Gasteiger partial charge in [-0.05, 0) is 54.7 Å². The van der Waals surface area contributed by atoms with E-state index in [1.165, 1.54) is 7.11 Å². The van der Waals surface area contributed by atoms with Gasteiger partial charge in [0.1, 0.15) is 0 Å². The molecule has 0 unspecified atom stereocenters. The first-order valence-corrected chi connectivity index (χ1v) is 11.9. The second-order valence-electron chi connectivity index (χ2n) is 8.95. The highest BCUT2D eigenvalue weighted by atomic mass is 35.5. The summed E-state index contributed by atoms with van der Waals surface area (Å²) in [6.07, 6.45) is 5.29. The fourth-order valence-corrected chi connectivity index (χ4v) is 4.76. The molecule has 0 bridgehead atoms. The maximum Gasteiger partial charge on any atom is 0.312 e. The largest absolute Gasteiger partial charge is 0.469 e. The van der Waals surface area contributed by atoms with E-state index in [1.807, 2.05) is 45.9 Å². The van der Waals surface area contributed by atoms with Crippen LogP contribution in [0.5, 0.6) is 0 Å². The molecule has 0 radical (unpaired) electrons. The monoisotopic (exact) mass is 490 g/mol. The number of imidazole rings is 1. The van der Waals surface area contributed by atoms with Crippen LogP contribution in [0.4, 0.5) is 0 Å². The predicted molar refractivity (Wildman–Crippen MR) is 132 cm³/mol. The van der Waals surface area contributed by atoms with Crippen LogP contribution in [0.15, 0.2) is 61.1 Å². The highest BCUT2D eigenvalue weighted by Gasteiger charge is 2.43. The van der Waals surface area contributed by atoms with Crippen molar-refractivity contribution in [2.24, 2.45) is 5.41 Å². The number of nitrogens with zero attached hydrogens (tertiary/aromatic N) is 4. The lowest BCUT2D eigenvalue weighted by Crippen LogP contribution is -2.48. The number of methoxy groups -OCH3 is 1. The molecule has 1 aliphatic rings. The van der Waals surface area contributed by atoms with Crippen LogP contribution in [0, 0.1) is 16.7 Å². The summed E-state index contributed by atoms with van der Waals surface area (Å²) in [6, 6.07) is 17.0. The first kappa shape index (κ1) is 24.5. The number of hydrogen-bond donors (Lipinski definition) is 0. The zero-order valence-electron chi connectivity index (χ0n) is 19.6. The lowest BCUT2D eigenvalue weighted by molar-refractivity contribution is -0.157. The summed E-state index contributed by atoms with van der Waals surface area (Å²) >= 11 is 6.01. The molecular weight excluding hydrogens is 464 g/mol. The number of carbonyl (C=O) groups excluding carboxylic acids is 2. The van der Waals surface area contributed by atoms with Gasteiger partial charge in [0, 0.05) is 36.5 Å². The Hall–Kier alpha value is -3.63. The van der Waals surface area contributed by atoms with Crippen molar-refractivity contribution in [1.82, 2.24) is 14.5 Å². The third kappa shape index (κ3) is 5.72. The Morgan fingerprint density at radius 1 is 1.09 bits per heavy atom. The van der Waals surface area contributed by atoms with E-state index in [9.17, 15) is 9.59 Å². The molecule has 1 aromatic heterocycles. The van der Waals surface area contributed by atoms with Gasteiger partial charge >= 0.3 is 5.97 Å². The fourth-order valence-electron chi connectivity index (χ4n) is 4.63. The summed E-state index contributed by atoms with van der Waals surface area (Å²) in [4.78, 5) is 31.9. The number of nitriles is 1. The van der Waals surface area contributed by atoms with Crippen molar-refractivity contribution in [1.29, 1.82) is 5.26 Å². The van der Waals surface area contributed by atoms with E-state index in [1.54, 1.807) is 24.7 Å². The van der Waals surface area contributed by atoms with Gasteiger partial charge in [0.05, 0.1) is 36.9 Å². The van der Waals surface area contributed by atoms with Crippen LogP contribution >= 0.6 is 11.6 Å². The Morgan fingerprint density at radius 3 is 2.37 bits per heavy atom. The first-order valence-electron chi connectivity index (χ1n) is 11.5. The normalized spacial score (nSPS) is 14.8. The minimum absolute atomic E-state index is 0.0107. The van der Waals surface area contributed by atoms with Crippen LogP contribution in [0.1, 0.15) is 35.2 Å². The quantitative estimate of drug-likeness (QED) is 0.467. The summed E-state index contributed by atoms with van der Waals surface area (Å²) in [7, 11) is 1.42. The minimum Gasteiger partial charge on any atom is -0.469 e. The van der Waals surface area contributed by atoms with Gasteiger partial charge in [0.2, 0.25) is 5.91 Å². The summed E-state index contributed by atoms with van der Waals surface area (Å²) in [5.41, 5.74) is 2.82. The molecule has 8 heteroatoms. The highest BCUT2D eigenvalue weighted by Crippen LogP contribution is 2.37. The van der Waals surface area contributed by atoms with Crippen LogP contribution in [0.3, 0.4) is 0 Å². The molecule has 35 heavy (non-hydrogen) atoms. The van der Waals surface area contributed by atoms with Crippen molar-refractivity contribution in [2.45, 2.75) is 32.2 Å². The molecule has 2 heterocycles. The van der Waals surface area contributed by atoms with Gasteiger partial charge in [-0.15, -0.1) is 0 Å². The number of ether oxygens (including phenoxy) is 1. The Morgan fingerprint density at radius 2 is 1.74 bits per heavy atom. The van der Waals surface area contributed by atoms with Crippen LogP contribution < -0.4 is 0 Å². The van der Waals surface area contributed by atoms with Crippen LogP contribution in [0.2, 0.25) is 5.02 Å². The number of amides is 1. The maximum absolute atomic E-state index is 13.1. The molecule has 0 atom stereocenters. The predicted octanol–water partition coefficient (Wildman–Crippen LogP) is 4.02. The van der Waals surface area contributed by atoms with Gasteiger partial charge in [0.25, 0.3) is 0 Å². The second-order valence-corrected chi connectivity index (χ2v) is 9.39. The lowest BCUT2D eigenvalue weighted by atomic mass is 9.73. The molecule has 1 amide bonds. The molecule has 0 N–H and O–H groups in total. The standard InChI is InChI=1S/C27H27ClN4O3/c1-35-26(34)27(15-20-6-8-23(28)9-7-20)10-12-31(13-11-27)25(33)14-24-17-30-19-32(24)18-22-4-2-21(16-29)3-5-22/h2-9,17,19H,10-15,18H2,1H3. The number of likely N-dealkylation sites (tertiary alicyclic amines) is 1. The average molecular weight is 491 g/mol. The molecule has 2 aromatic carbocycles. The summed E-state index contributed by atoms with van der Waals surface area (Å²) < 4.78 is 7.11. The van der Waals surface area contributed by atoms with Crippen LogP contribution in [0.25, 0.3) is 0 Å². The van der Waals surface area contributed by atoms with E-state index >= 15 is 0 Å². The van der Waals surface area contributed by atoms with E-state index in [0.717, 1.165) is 16.8 Å². The number of halogens is 1. The summed E-state index contributed by atoms with van der Waals surface area (Å²) in [6.45, 7) is 1.55. The molecule has 1 saturated heterocycles. The zero-order chi connectivity index (χ0) is 24.8. The second kappa shape index (κ2) is 10.7. The topological polar surface area (TPSA) is 88.2 Å². The molecule has 0 spiro atoms. The van der Waals surface area contributed by atoms with E-state index in [-0.39, 0.29) is 18.3 Å². The third-order valence-corrected chi connectivity index (χ3v) is 6.97. The molecule has 3 aromatic rings. The van der Waals surface area contributed by atoms with E-state index in [2.05, 4.69) is 11.1 Å². The van der Waals surface area contributed by atoms with Gasteiger partial charge in [-0.1, -0.05) is 35.9 Å². The van der Waals surface area contributed by atoms with Crippen molar-refractivity contribution >= 4 is 23.5 Å². The number of benzene rings is 2. The van der Waals surface area contributed by atoms with Gasteiger partial charge in [-0.3, -0.25) is 9.59 Å². The Balaban J connectivity index is 1.39. The number of esters is 1. The molecule has 1 aliphatic heterocycles. The maximum atomic E-state index is 13.1. The fraction of sp³-hybridized carbons (Fsp3) is 0.333. The van der Waals surface area contributed by atoms with E-state index in [0.29, 0.717) is 49.5 Å². The van der Waals surface area contributed by atoms with E-state index < -0.39 is 5.41 Å². The average Bonchev–Trinajstić information content (AvgIpc) is 3.31. The first-order chi connectivity index (χ1) is 16.9. The van der Waals surface area contributed by atoms with Gasteiger partial charge < -0.3 is 14.2 Å². The van der Waals surface area contributed by atoms with Crippen molar-refractivity contribution in [3.8, 4) is 6.07 Å². The molecule has 0 saturated carbocycles. The number of piperidine rings is 1. The van der Waals surface area contributed by atoms with E-state index in [4.69, 9.17) is 21.6 Å². The Labute approximate surface area is 209 Å². The summed E-state index contributed by atoms with van der Waals surface area (Å²) in [5, 5.41) is 9.63. The van der Waals surface area contributed by atoms with Crippen LogP contribution in [-0.2, 0) is 33.7 Å². The lowest BCUT2D eigenvalue weighted by Gasteiger charge is -2.40. The molecule has 1 fully saturated rings. The van der Waals surface area contributed by atoms with Crippen molar-refractivity contribution < 1.29 is 14.3 Å². The van der Waals surface area contributed by atoms with Crippen LogP contribution in [-0.4, -0.2) is 46.5 Å². The Bertz CT molecular complexity index is 1220. The zero-order valence-corrected chi connectivity index (χ0v) is 20.4. The van der Waals surface area contributed by atoms with Crippen molar-refractivity contribution in [3.05, 3.63) is 88.5 Å². The summed E-state index contributed by atoms with van der Waals surface area (Å²) in [5.74, 6) is -0.225. The van der Waals surface area contributed by atoms with Gasteiger partial charge in [0.15, 0.2) is 0 Å². The molecule has 7 nitrogen and oxygen atoms in total.